The lowest BCUT2D eigenvalue weighted by molar-refractivity contribution is 0.325. The standard InChI is InChI=1S/C9H12N2O/c1-3-12-9(10)8-4-5-11-6-7(8)2/h4-6,10H,3H2,1-2H3. The molecule has 0 radical (unpaired) electrons. The lowest BCUT2D eigenvalue weighted by Crippen LogP contribution is -2.06. The first-order valence-electron chi connectivity index (χ1n) is 3.88. The van der Waals surface area contributed by atoms with Crippen LogP contribution in [0, 0.1) is 12.3 Å². The first kappa shape index (κ1) is 8.71. The number of hydrogen-bond acceptors (Lipinski definition) is 3. The molecule has 0 aliphatic rings. The van der Waals surface area contributed by atoms with Gasteiger partial charge in [-0.25, -0.2) is 0 Å². The van der Waals surface area contributed by atoms with Crippen molar-refractivity contribution in [1.82, 2.24) is 4.98 Å². The van der Waals surface area contributed by atoms with E-state index in [2.05, 4.69) is 4.98 Å². The van der Waals surface area contributed by atoms with Crippen molar-refractivity contribution in [3.05, 3.63) is 29.6 Å². The highest BCUT2D eigenvalue weighted by Crippen LogP contribution is 2.06. The zero-order valence-electron chi connectivity index (χ0n) is 7.29. The van der Waals surface area contributed by atoms with E-state index in [9.17, 15) is 0 Å². The highest BCUT2D eigenvalue weighted by Gasteiger charge is 2.03. The minimum absolute atomic E-state index is 0.220. The van der Waals surface area contributed by atoms with Gasteiger partial charge in [0.1, 0.15) is 0 Å². The molecule has 0 fully saturated rings. The number of aryl methyl sites for hydroxylation is 1. The van der Waals surface area contributed by atoms with E-state index in [0.717, 1.165) is 11.1 Å². The summed E-state index contributed by atoms with van der Waals surface area (Å²) in [7, 11) is 0. The molecule has 64 valence electrons. The lowest BCUT2D eigenvalue weighted by atomic mass is 10.1. The second-order valence-electron chi connectivity index (χ2n) is 2.45. The molecule has 1 aromatic heterocycles. The third kappa shape index (κ3) is 1.81. The van der Waals surface area contributed by atoms with E-state index in [1.54, 1.807) is 18.5 Å². The maximum absolute atomic E-state index is 7.52. The highest BCUT2D eigenvalue weighted by atomic mass is 16.5. The van der Waals surface area contributed by atoms with Crippen LogP contribution in [-0.4, -0.2) is 17.5 Å². The minimum atomic E-state index is 0.220. The molecule has 0 bridgehead atoms. The fourth-order valence-corrected chi connectivity index (χ4v) is 0.950. The van der Waals surface area contributed by atoms with Crippen LogP contribution in [-0.2, 0) is 4.74 Å². The van der Waals surface area contributed by atoms with Crippen LogP contribution in [0.4, 0.5) is 0 Å². The SMILES string of the molecule is CCOC(=N)c1ccncc1C. The molecule has 0 saturated heterocycles. The monoisotopic (exact) mass is 164 g/mol. The van der Waals surface area contributed by atoms with Gasteiger partial charge in [-0.15, -0.1) is 0 Å². The summed E-state index contributed by atoms with van der Waals surface area (Å²) < 4.78 is 5.06. The van der Waals surface area contributed by atoms with Gasteiger partial charge in [-0.3, -0.25) is 10.4 Å². The summed E-state index contributed by atoms with van der Waals surface area (Å²) in [6, 6.07) is 1.79. The quantitative estimate of drug-likeness (QED) is 0.534. The van der Waals surface area contributed by atoms with Gasteiger partial charge >= 0.3 is 0 Å². The summed E-state index contributed by atoms with van der Waals surface area (Å²) in [6.45, 7) is 4.31. The van der Waals surface area contributed by atoms with Crippen LogP contribution in [0.5, 0.6) is 0 Å². The average molecular weight is 164 g/mol. The molecular formula is C9H12N2O. The summed E-state index contributed by atoms with van der Waals surface area (Å²) in [4.78, 5) is 3.94. The summed E-state index contributed by atoms with van der Waals surface area (Å²) in [5.74, 6) is 0.220. The molecule has 1 heterocycles. The van der Waals surface area contributed by atoms with Crippen molar-refractivity contribution in [3.8, 4) is 0 Å². The number of nitrogens with one attached hydrogen (secondary N) is 1. The van der Waals surface area contributed by atoms with Crippen molar-refractivity contribution in [2.24, 2.45) is 0 Å². The first-order chi connectivity index (χ1) is 5.75. The zero-order chi connectivity index (χ0) is 8.97. The fourth-order valence-electron chi connectivity index (χ4n) is 0.950. The molecular weight excluding hydrogens is 152 g/mol. The molecule has 0 aliphatic carbocycles. The van der Waals surface area contributed by atoms with Crippen molar-refractivity contribution < 1.29 is 4.74 Å². The van der Waals surface area contributed by atoms with E-state index >= 15 is 0 Å². The van der Waals surface area contributed by atoms with Crippen LogP contribution in [0.3, 0.4) is 0 Å². The molecule has 0 saturated carbocycles. The fraction of sp³-hybridized carbons (Fsp3) is 0.333. The number of pyridine rings is 1. The van der Waals surface area contributed by atoms with Crippen LogP contribution in [0.15, 0.2) is 18.5 Å². The Morgan fingerprint density at radius 2 is 2.42 bits per heavy atom. The molecule has 12 heavy (non-hydrogen) atoms. The van der Waals surface area contributed by atoms with E-state index in [0.29, 0.717) is 6.61 Å². The molecule has 0 aliphatic heterocycles. The Hall–Kier alpha value is -1.38. The van der Waals surface area contributed by atoms with Crippen LogP contribution in [0.2, 0.25) is 0 Å². The van der Waals surface area contributed by atoms with Crippen LogP contribution < -0.4 is 0 Å². The molecule has 1 aromatic rings. The molecule has 0 aromatic carbocycles. The maximum atomic E-state index is 7.52. The van der Waals surface area contributed by atoms with Crippen LogP contribution >= 0.6 is 0 Å². The van der Waals surface area contributed by atoms with Gasteiger partial charge in [0.2, 0.25) is 5.90 Å². The summed E-state index contributed by atoms with van der Waals surface area (Å²) in [6.07, 6.45) is 3.39. The number of nitrogens with zero attached hydrogens (tertiary/aromatic N) is 1. The predicted molar refractivity (Wildman–Crippen MR) is 47.4 cm³/mol. The Kier molecular flexibility index (Phi) is 2.80. The number of aromatic nitrogens is 1. The highest BCUT2D eigenvalue weighted by molar-refractivity contribution is 5.92. The normalized spacial score (nSPS) is 9.50. The molecule has 1 N–H and O–H groups in total. The van der Waals surface area contributed by atoms with Gasteiger partial charge in [0.05, 0.1) is 6.61 Å². The number of ether oxygens (including phenoxy) is 1. The van der Waals surface area contributed by atoms with Crippen molar-refractivity contribution >= 4 is 5.90 Å². The molecule has 0 amide bonds. The van der Waals surface area contributed by atoms with Gasteiger partial charge in [-0.2, -0.15) is 0 Å². The average Bonchev–Trinajstić information content (AvgIpc) is 2.05. The minimum Gasteiger partial charge on any atom is -0.478 e. The van der Waals surface area contributed by atoms with Crippen molar-refractivity contribution in [3.63, 3.8) is 0 Å². The lowest BCUT2D eigenvalue weighted by Gasteiger charge is -2.06. The smallest absolute Gasteiger partial charge is 0.213 e. The second-order valence-corrected chi connectivity index (χ2v) is 2.45. The molecule has 1 rings (SSSR count). The van der Waals surface area contributed by atoms with E-state index < -0.39 is 0 Å². The van der Waals surface area contributed by atoms with E-state index in [1.807, 2.05) is 13.8 Å². The first-order valence-corrected chi connectivity index (χ1v) is 3.88. The van der Waals surface area contributed by atoms with Gasteiger partial charge in [-0.1, -0.05) is 0 Å². The maximum Gasteiger partial charge on any atom is 0.213 e. The molecule has 0 unspecified atom stereocenters. The van der Waals surface area contributed by atoms with Gasteiger partial charge in [0.15, 0.2) is 0 Å². The Labute approximate surface area is 71.9 Å². The Bertz CT molecular complexity index is 284. The third-order valence-corrected chi connectivity index (χ3v) is 1.55. The van der Waals surface area contributed by atoms with Gasteiger partial charge < -0.3 is 4.74 Å². The van der Waals surface area contributed by atoms with Crippen molar-refractivity contribution in [2.45, 2.75) is 13.8 Å². The predicted octanol–water partition coefficient (Wildman–Crippen LogP) is 1.75. The van der Waals surface area contributed by atoms with Crippen molar-refractivity contribution in [1.29, 1.82) is 5.41 Å². The third-order valence-electron chi connectivity index (χ3n) is 1.55. The summed E-state index contributed by atoms with van der Waals surface area (Å²) >= 11 is 0. The zero-order valence-corrected chi connectivity index (χ0v) is 7.29. The van der Waals surface area contributed by atoms with Crippen molar-refractivity contribution in [2.75, 3.05) is 6.61 Å². The van der Waals surface area contributed by atoms with E-state index in [-0.39, 0.29) is 5.90 Å². The molecule has 3 nitrogen and oxygen atoms in total. The number of rotatable bonds is 2. The Morgan fingerprint density at radius 1 is 1.67 bits per heavy atom. The topological polar surface area (TPSA) is 46.0 Å². The Morgan fingerprint density at radius 3 is 3.00 bits per heavy atom. The summed E-state index contributed by atoms with van der Waals surface area (Å²) in [5, 5.41) is 7.52. The van der Waals surface area contributed by atoms with E-state index in [1.165, 1.54) is 0 Å². The molecule has 0 atom stereocenters. The van der Waals surface area contributed by atoms with Gasteiger partial charge in [0.25, 0.3) is 0 Å². The number of hydrogen-bond donors (Lipinski definition) is 1. The largest absolute Gasteiger partial charge is 0.478 e. The Balaban J connectivity index is 2.87. The second kappa shape index (κ2) is 3.85. The molecule has 0 spiro atoms. The van der Waals surface area contributed by atoms with Crippen LogP contribution in [0.1, 0.15) is 18.1 Å². The van der Waals surface area contributed by atoms with Gasteiger partial charge in [-0.05, 0) is 25.5 Å². The van der Waals surface area contributed by atoms with E-state index in [4.69, 9.17) is 10.1 Å². The van der Waals surface area contributed by atoms with Crippen LogP contribution in [0.25, 0.3) is 0 Å². The van der Waals surface area contributed by atoms with Gasteiger partial charge in [0, 0.05) is 18.0 Å². The summed E-state index contributed by atoms with van der Waals surface area (Å²) in [5.41, 5.74) is 1.78. The molecule has 3 heteroatoms.